The molecule has 3 rings (SSSR count). The van der Waals surface area contributed by atoms with Crippen molar-refractivity contribution < 1.29 is 14.7 Å². The topological polar surface area (TPSA) is 96.1 Å². The quantitative estimate of drug-likeness (QED) is 0.555. The number of benzene rings is 1. The number of hydrogen-bond acceptors (Lipinski definition) is 4. The van der Waals surface area contributed by atoms with Crippen molar-refractivity contribution in [2.24, 2.45) is 5.10 Å². The molecule has 0 unspecified atom stereocenters. The Hall–Kier alpha value is -3.19. The lowest BCUT2D eigenvalue weighted by Gasteiger charge is -2.02. The number of hydrazone groups is 1. The lowest BCUT2D eigenvalue weighted by atomic mass is 10.1. The van der Waals surface area contributed by atoms with Crippen molar-refractivity contribution in [1.29, 1.82) is 0 Å². The van der Waals surface area contributed by atoms with Crippen LogP contribution in [0.3, 0.4) is 0 Å². The summed E-state index contributed by atoms with van der Waals surface area (Å²) in [5.41, 5.74) is 4.78. The summed E-state index contributed by atoms with van der Waals surface area (Å²) in [6.07, 6.45) is 3.04. The Labute approximate surface area is 147 Å². The number of carboxylic acid groups (broad SMARTS) is 1. The summed E-state index contributed by atoms with van der Waals surface area (Å²) in [6, 6.07) is 9.53. The van der Waals surface area contributed by atoms with E-state index in [9.17, 15) is 9.59 Å². The molecule has 0 spiro atoms. The highest BCUT2D eigenvalue weighted by molar-refractivity contribution is 6.30. The molecule has 1 aromatic carbocycles. The van der Waals surface area contributed by atoms with Crippen LogP contribution >= 0.6 is 11.6 Å². The smallest absolute Gasteiger partial charge is 0.335 e. The maximum Gasteiger partial charge on any atom is 0.335 e. The fourth-order valence-corrected chi connectivity index (χ4v) is 2.50. The van der Waals surface area contributed by atoms with Gasteiger partial charge in [-0.05, 0) is 36.8 Å². The molecule has 2 aromatic heterocycles. The van der Waals surface area contributed by atoms with E-state index >= 15 is 0 Å². The van der Waals surface area contributed by atoms with E-state index in [-0.39, 0.29) is 5.56 Å². The van der Waals surface area contributed by atoms with Crippen molar-refractivity contribution in [3.63, 3.8) is 0 Å². The van der Waals surface area contributed by atoms with E-state index in [1.54, 1.807) is 41.8 Å². The molecule has 1 amide bonds. The molecule has 0 saturated carbocycles. The Kier molecular flexibility index (Phi) is 4.49. The Morgan fingerprint density at radius 2 is 1.96 bits per heavy atom. The summed E-state index contributed by atoms with van der Waals surface area (Å²) in [5, 5.41) is 13.2. The number of aryl methyl sites for hydroxylation is 1. The third kappa shape index (κ3) is 3.51. The second-order valence-corrected chi connectivity index (χ2v) is 5.68. The minimum absolute atomic E-state index is 0.180. The first-order valence-corrected chi connectivity index (χ1v) is 7.64. The molecule has 0 bridgehead atoms. The average molecular weight is 357 g/mol. The van der Waals surface area contributed by atoms with Gasteiger partial charge in [0.15, 0.2) is 0 Å². The predicted octanol–water partition coefficient (Wildman–Crippen LogP) is 2.76. The monoisotopic (exact) mass is 356 g/mol. The lowest BCUT2D eigenvalue weighted by Crippen LogP contribution is -2.20. The van der Waals surface area contributed by atoms with E-state index in [4.69, 9.17) is 16.7 Å². The van der Waals surface area contributed by atoms with Crippen LogP contribution in [0.5, 0.6) is 0 Å². The lowest BCUT2D eigenvalue weighted by molar-refractivity contribution is 0.0696. The third-order valence-electron chi connectivity index (χ3n) is 3.51. The average Bonchev–Trinajstić information content (AvgIpc) is 2.90. The van der Waals surface area contributed by atoms with Gasteiger partial charge < -0.3 is 5.11 Å². The summed E-state index contributed by atoms with van der Waals surface area (Å²) < 4.78 is 1.60. The number of carbonyl (C=O) groups excluding carboxylic acids is 1. The summed E-state index contributed by atoms with van der Waals surface area (Å²) in [5.74, 6) is -1.43. The normalized spacial score (nSPS) is 11.1. The van der Waals surface area contributed by atoms with Gasteiger partial charge in [-0.2, -0.15) is 5.10 Å². The SMILES string of the molecule is Cc1nc2ccc(Cl)cn2c1C(=O)N/N=C\c1ccc(C(=O)O)cc1. The minimum atomic E-state index is -1.00. The van der Waals surface area contributed by atoms with Gasteiger partial charge in [-0.3, -0.25) is 9.20 Å². The van der Waals surface area contributed by atoms with Crippen LogP contribution in [0.2, 0.25) is 5.02 Å². The molecule has 126 valence electrons. The Balaban J connectivity index is 1.77. The number of nitrogens with zero attached hydrogens (tertiary/aromatic N) is 3. The van der Waals surface area contributed by atoms with Gasteiger partial charge in [0.2, 0.25) is 0 Å². The molecule has 2 heterocycles. The molecule has 0 radical (unpaired) electrons. The maximum atomic E-state index is 12.4. The van der Waals surface area contributed by atoms with Crippen LogP contribution in [0, 0.1) is 6.92 Å². The number of rotatable bonds is 4. The molecule has 3 aromatic rings. The maximum absolute atomic E-state index is 12.4. The molecule has 0 fully saturated rings. The van der Waals surface area contributed by atoms with Crippen molar-refractivity contribution >= 4 is 35.3 Å². The number of imidazole rings is 1. The number of amides is 1. The molecular formula is C17H13ClN4O3. The summed E-state index contributed by atoms with van der Waals surface area (Å²) in [4.78, 5) is 27.5. The number of hydrogen-bond donors (Lipinski definition) is 2. The van der Waals surface area contributed by atoms with Crippen LogP contribution in [-0.2, 0) is 0 Å². The first-order valence-electron chi connectivity index (χ1n) is 7.26. The highest BCUT2D eigenvalue weighted by Crippen LogP contribution is 2.16. The number of nitrogens with one attached hydrogen (secondary N) is 1. The van der Waals surface area contributed by atoms with Crippen molar-refractivity contribution in [2.45, 2.75) is 6.92 Å². The van der Waals surface area contributed by atoms with E-state index in [0.717, 1.165) is 0 Å². The van der Waals surface area contributed by atoms with Gasteiger partial charge in [0.25, 0.3) is 5.91 Å². The van der Waals surface area contributed by atoms with Crippen LogP contribution in [0.1, 0.15) is 32.1 Å². The number of carboxylic acids is 1. The number of aromatic nitrogens is 2. The number of pyridine rings is 1. The van der Waals surface area contributed by atoms with E-state index in [2.05, 4.69) is 15.5 Å². The molecular weight excluding hydrogens is 344 g/mol. The fraction of sp³-hybridized carbons (Fsp3) is 0.0588. The highest BCUT2D eigenvalue weighted by Gasteiger charge is 2.16. The Bertz CT molecular complexity index is 993. The number of aromatic carboxylic acids is 1. The summed E-state index contributed by atoms with van der Waals surface area (Å²) >= 11 is 5.97. The molecule has 25 heavy (non-hydrogen) atoms. The minimum Gasteiger partial charge on any atom is -0.478 e. The van der Waals surface area contributed by atoms with Crippen LogP contribution in [-0.4, -0.2) is 32.6 Å². The van der Waals surface area contributed by atoms with E-state index in [1.807, 2.05) is 0 Å². The zero-order chi connectivity index (χ0) is 18.0. The second-order valence-electron chi connectivity index (χ2n) is 5.25. The first kappa shape index (κ1) is 16.7. The van der Waals surface area contributed by atoms with E-state index in [1.165, 1.54) is 18.3 Å². The highest BCUT2D eigenvalue weighted by atomic mass is 35.5. The van der Waals surface area contributed by atoms with Gasteiger partial charge in [-0.15, -0.1) is 0 Å². The van der Waals surface area contributed by atoms with Crippen LogP contribution < -0.4 is 5.43 Å². The predicted molar refractivity (Wildman–Crippen MR) is 93.4 cm³/mol. The van der Waals surface area contributed by atoms with Gasteiger partial charge in [0, 0.05) is 6.20 Å². The molecule has 0 atom stereocenters. The number of halogens is 1. The first-order chi connectivity index (χ1) is 12.0. The molecule has 0 saturated heterocycles. The van der Waals surface area contributed by atoms with Gasteiger partial charge >= 0.3 is 5.97 Å². The van der Waals surface area contributed by atoms with Gasteiger partial charge in [-0.1, -0.05) is 23.7 Å². The van der Waals surface area contributed by atoms with Crippen molar-refractivity contribution in [2.75, 3.05) is 0 Å². The molecule has 0 aliphatic rings. The number of fused-ring (bicyclic) bond motifs is 1. The fourth-order valence-electron chi connectivity index (χ4n) is 2.34. The standard InChI is InChI=1S/C17H13ClN4O3/c1-10-15(22-9-13(18)6-7-14(22)20-10)16(23)21-19-8-11-2-4-12(5-3-11)17(24)25/h2-9H,1H3,(H,21,23)(H,24,25)/b19-8-. The van der Waals surface area contributed by atoms with Crippen molar-refractivity contribution in [3.05, 3.63) is 70.1 Å². The van der Waals surface area contributed by atoms with Gasteiger partial charge in [0.1, 0.15) is 11.3 Å². The molecule has 7 nitrogen and oxygen atoms in total. The van der Waals surface area contributed by atoms with Gasteiger partial charge in [0.05, 0.1) is 22.5 Å². The van der Waals surface area contributed by atoms with Crippen molar-refractivity contribution in [3.8, 4) is 0 Å². The largest absolute Gasteiger partial charge is 0.478 e. The van der Waals surface area contributed by atoms with Gasteiger partial charge in [-0.25, -0.2) is 15.2 Å². The van der Waals surface area contributed by atoms with Crippen LogP contribution in [0.25, 0.3) is 5.65 Å². The molecule has 0 aliphatic carbocycles. The molecule has 2 N–H and O–H groups in total. The molecule has 8 heteroatoms. The number of carbonyl (C=O) groups is 2. The zero-order valence-corrected chi connectivity index (χ0v) is 13.9. The summed E-state index contributed by atoms with van der Waals surface area (Å²) in [7, 11) is 0. The Morgan fingerprint density at radius 3 is 2.64 bits per heavy atom. The Morgan fingerprint density at radius 1 is 1.24 bits per heavy atom. The van der Waals surface area contributed by atoms with E-state index in [0.29, 0.717) is 27.6 Å². The zero-order valence-electron chi connectivity index (χ0n) is 13.1. The van der Waals surface area contributed by atoms with Crippen molar-refractivity contribution in [1.82, 2.24) is 14.8 Å². The van der Waals surface area contributed by atoms with Crippen LogP contribution in [0.4, 0.5) is 0 Å². The molecule has 0 aliphatic heterocycles. The van der Waals surface area contributed by atoms with E-state index < -0.39 is 11.9 Å². The summed E-state index contributed by atoms with van der Waals surface area (Å²) in [6.45, 7) is 1.73. The third-order valence-corrected chi connectivity index (χ3v) is 3.73. The van der Waals surface area contributed by atoms with Crippen LogP contribution in [0.15, 0.2) is 47.7 Å². The second kappa shape index (κ2) is 6.74.